The lowest BCUT2D eigenvalue weighted by Crippen LogP contribution is -2.63. The number of H-pyrrole nitrogens is 1. The summed E-state index contributed by atoms with van der Waals surface area (Å²) in [6.45, 7) is -0.686. The van der Waals surface area contributed by atoms with Gasteiger partial charge in [0.05, 0.1) is 19.3 Å². The SMILES string of the molecule is C/C=C(/O[C@@H]1[C@@H](N)[C@@H](OP(=O)(O)OP(=O)(O)OC[C@H]2O[C@@H](n3ccc(=O)[nH]c3=O)[C@H](O)[C@@H]2O)O[C@H](CO)[C@H]1O)C(=O)O. The average molecular weight is 649 g/mol. The van der Waals surface area contributed by atoms with Gasteiger partial charge in [-0.05, 0) is 13.0 Å². The molecule has 1 aromatic heterocycles. The largest absolute Gasteiger partial charge is 0.483 e. The monoisotopic (exact) mass is 649 g/mol. The van der Waals surface area contributed by atoms with Gasteiger partial charge in [-0.2, -0.15) is 4.31 Å². The number of phosphoric ester groups is 2. The number of aromatic nitrogens is 2. The number of allylic oxidation sites excluding steroid dienone is 1. The summed E-state index contributed by atoms with van der Waals surface area (Å²) in [5.41, 5.74) is 4.09. The molecule has 0 aliphatic carbocycles. The van der Waals surface area contributed by atoms with E-state index in [4.69, 9.17) is 29.6 Å². The van der Waals surface area contributed by atoms with E-state index in [2.05, 4.69) is 8.83 Å². The number of carbonyl (C=O) groups is 1. The van der Waals surface area contributed by atoms with Gasteiger partial charge in [-0.25, -0.2) is 18.7 Å². The Hall–Kier alpha value is -2.33. The Morgan fingerprint density at radius 1 is 1.12 bits per heavy atom. The predicted molar refractivity (Wildman–Crippen MR) is 131 cm³/mol. The highest BCUT2D eigenvalue weighted by Crippen LogP contribution is 2.61. The minimum atomic E-state index is -5.65. The molecule has 238 valence electrons. The van der Waals surface area contributed by atoms with Crippen LogP contribution in [-0.2, 0) is 41.5 Å². The van der Waals surface area contributed by atoms with E-state index in [0.717, 1.165) is 22.9 Å². The molecular formula is C19H29N3O18P2. The van der Waals surface area contributed by atoms with Crippen molar-refractivity contribution in [1.29, 1.82) is 0 Å². The van der Waals surface area contributed by atoms with Gasteiger partial charge in [0.2, 0.25) is 5.76 Å². The first-order valence-electron chi connectivity index (χ1n) is 11.8. The fourth-order valence-electron chi connectivity index (χ4n) is 3.92. The molecule has 2 fully saturated rings. The number of hydrogen-bond donors (Lipinski definition) is 9. The molecule has 10 N–H and O–H groups in total. The molecule has 3 rings (SSSR count). The molecule has 2 aliphatic rings. The molecule has 1 aromatic rings. The molecular weight excluding hydrogens is 620 g/mol. The molecule has 0 amide bonds. The van der Waals surface area contributed by atoms with Gasteiger partial charge in [-0.3, -0.25) is 23.4 Å². The summed E-state index contributed by atoms with van der Waals surface area (Å²) in [7, 11) is -11.2. The topological polar surface area (TPSA) is 329 Å². The molecule has 2 saturated heterocycles. The quantitative estimate of drug-likeness (QED) is 0.0595. The van der Waals surface area contributed by atoms with Crippen molar-refractivity contribution in [2.45, 2.75) is 62.1 Å². The number of aliphatic carboxylic acids is 1. The Balaban J connectivity index is 1.66. The number of nitrogens with one attached hydrogen (secondary N) is 1. The number of carboxylic acid groups (broad SMARTS) is 1. The van der Waals surface area contributed by atoms with Crippen LogP contribution in [0.4, 0.5) is 0 Å². The smallest absolute Gasteiger partial charge is 0.479 e. The summed E-state index contributed by atoms with van der Waals surface area (Å²) >= 11 is 0. The number of hydrogen-bond acceptors (Lipinski definition) is 16. The molecule has 11 atom stereocenters. The molecule has 0 aromatic carbocycles. The number of aliphatic hydroxyl groups excluding tert-OH is 4. The number of carboxylic acids is 1. The summed E-state index contributed by atoms with van der Waals surface area (Å²) in [5.74, 6) is -2.24. The fourth-order valence-corrected chi connectivity index (χ4v) is 6.09. The molecule has 21 nitrogen and oxygen atoms in total. The number of nitrogens with two attached hydrogens (primary N) is 1. The van der Waals surface area contributed by atoms with Crippen LogP contribution in [0.15, 0.2) is 33.7 Å². The van der Waals surface area contributed by atoms with Crippen LogP contribution in [0, 0.1) is 0 Å². The number of aromatic amines is 1. The molecule has 2 unspecified atom stereocenters. The van der Waals surface area contributed by atoms with E-state index in [-0.39, 0.29) is 0 Å². The van der Waals surface area contributed by atoms with Crippen LogP contribution in [0.2, 0.25) is 0 Å². The van der Waals surface area contributed by atoms with E-state index in [9.17, 15) is 53.7 Å². The summed E-state index contributed by atoms with van der Waals surface area (Å²) in [6, 6.07) is -0.801. The zero-order valence-electron chi connectivity index (χ0n) is 21.4. The van der Waals surface area contributed by atoms with Crippen molar-refractivity contribution in [3.8, 4) is 0 Å². The van der Waals surface area contributed by atoms with Crippen molar-refractivity contribution in [3.05, 3.63) is 44.9 Å². The Bertz CT molecular complexity index is 1370. The van der Waals surface area contributed by atoms with E-state index < -0.39 is 107 Å². The number of ether oxygens (including phenoxy) is 3. The summed E-state index contributed by atoms with van der Waals surface area (Å²) in [4.78, 5) is 56.4. The van der Waals surface area contributed by atoms with Crippen LogP contribution in [0.25, 0.3) is 0 Å². The highest BCUT2D eigenvalue weighted by Gasteiger charge is 2.50. The summed E-state index contributed by atoms with van der Waals surface area (Å²) in [5, 5.41) is 49.4. The van der Waals surface area contributed by atoms with Gasteiger partial charge >= 0.3 is 27.3 Å². The van der Waals surface area contributed by atoms with Gasteiger partial charge in [-0.1, -0.05) is 0 Å². The zero-order chi connectivity index (χ0) is 31.6. The molecule has 0 spiro atoms. The minimum Gasteiger partial charge on any atom is -0.479 e. The lowest BCUT2D eigenvalue weighted by atomic mass is 9.97. The Kier molecular flexibility index (Phi) is 11.0. The van der Waals surface area contributed by atoms with E-state index in [1.165, 1.54) is 6.92 Å². The third kappa shape index (κ3) is 7.98. The first kappa shape index (κ1) is 34.2. The van der Waals surface area contributed by atoms with Gasteiger partial charge in [-0.15, -0.1) is 0 Å². The number of phosphoric acid groups is 2. The second-order valence-electron chi connectivity index (χ2n) is 8.82. The van der Waals surface area contributed by atoms with Crippen LogP contribution < -0.4 is 17.0 Å². The van der Waals surface area contributed by atoms with Crippen LogP contribution in [0.3, 0.4) is 0 Å². The predicted octanol–water partition coefficient (Wildman–Crippen LogP) is -3.81. The summed E-state index contributed by atoms with van der Waals surface area (Å²) in [6.07, 6.45) is -11.9. The van der Waals surface area contributed by atoms with Crippen molar-refractivity contribution in [1.82, 2.24) is 9.55 Å². The van der Waals surface area contributed by atoms with Crippen molar-refractivity contribution in [2.24, 2.45) is 5.73 Å². The van der Waals surface area contributed by atoms with E-state index in [1.807, 2.05) is 4.98 Å². The first-order valence-corrected chi connectivity index (χ1v) is 14.8. The van der Waals surface area contributed by atoms with Crippen molar-refractivity contribution >= 4 is 21.6 Å². The number of nitrogens with zero attached hydrogens (tertiary/aromatic N) is 1. The molecule has 42 heavy (non-hydrogen) atoms. The highest BCUT2D eigenvalue weighted by atomic mass is 31.3. The second-order valence-corrected chi connectivity index (χ2v) is 11.8. The standard InChI is InChI=1S/C19H29N3O18P2/c1-2-7(17(28)29)36-15-11(20)18(38-8(5-23)13(15)26)39-42(33,34)40-41(31,32)35-6-9-12(25)14(27)16(37-9)22-4-3-10(24)21-19(22)30/h2-4,8-9,11-16,18,23,25-27H,5-6,20H2,1H3,(H,28,29)(H,31,32)(H,33,34)(H,21,24,30)/b7-2+/t8-,9-,11-,12-,13-,14-,15-,16-,18-/m1/s1. The number of rotatable bonds is 12. The van der Waals surface area contributed by atoms with Gasteiger partial charge in [0.15, 0.2) is 12.5 Å². The minimum absolute atomic E-state index is 0.683. The van der Waals surface area contributed by atoms with Gasteiger partial charge in [0.1, 0.15) is 36.6 Å². The van der Waals surface area contributed by atoms with Gasteiger partial charge < -0.3 is 55.3 Å². The molecule has 2 aliphatic heterocycles. The van der Waals surface area contributed by atoms with Crippen molar-refractivity contribution in [2.75, 3.05) is 13.2 Å². The van der Waals surface area contributed by atoms with Gasteiger partial charge in [0, 0.05) is 12.3 Å². The molecule has 3 heterocycles. The molecule has 0 saturated carbocycles. The average Bonchev–Trinajstić information content (AvgIpc) is 3.17. The van der Waals surface area contributed by atoms with Crippen molar-refractivity contribution < 1.29 is 76.8 Å². The molecule has 23 heteroatoms. The first-order chi connectivity index (χ1) is 19.5. The van der Waals surface area contributed by atoms with E-state index in [1.54, 1.807) is 0 Å². The third-order valence-corrected chi connectivity index (χ3v) is 8.54. The second kappa shape index (κ2) is 13.5. The number of aliphatic hydroxyl groups is 4. The van der Waals surface area contributed by atoms with E-state index in [0.29, 0.717) is 0 Å². The molecule has 0 radical (unpaired) electrons. The lowest BCUT2D eigenvalue weighted by molar-refractivity contribution is -0.246. The Morgan fingerprint density at radius 3 is 2.36 bits per heavy atom. The maximum atomic E-state index is 12.5. The van der Waals surface area contributed by atoms with Crippen LogP contribution >= 0.6 is 15.6 Å². The third-order valence-electron chi connectivity index (χ3n) is 5.94. The Labute approximate surface area is 234 Å². The maximum Gasteiger partial charge on any atom is 0.483 e. The zero-order valence-corrected chi connectivity index (χ0v) is 23.2. The maximum absolute atomic E-state index is 12.5. The fraction of sp³-hybridized carbons (Fsp3) is 0.632. The summed E-state index contributed by atoms with van der Waals surface area (Å²) < 4.78 is 54.6. The van der Waals surface area contributed by atoms with Crippen LogP contribution in [-0.4, -0.2) is 113 Å². The highest BCUT2D eigenvalue weighted by molar-refractivity contribution is 7.61. The van der Waals surface area contributed by atoms with Gasteiger partial charge in [0.25, 0.3) is 5.56 Å². The van der Waals surface area contributed by atoms with E-state index >= 15 is 0 Å². The van der Waals surface area contributed by atoms with Crippen LogP contribution in [0.1, 0.15) is 13.2 Å². The van der Waals surface area contributed by atoms with Crippen LogP contribution in [0.5, 0.6) is 0 Å². The normalized spacial score (nSPS) is 34.9. The molecule has 0 bridgehead atoms. The van der Waals surface area contributed by atoms with Crippen molar-refractivity contribution in [3.63, 3.8) is 0 Å². The lowest BCUT2D eigenvalue weighted by Gasteiger charge is -2.42. The Morgan fingerprint density at radius 2 is 1.79 bits per heavy atom.